The fourth-order valence-electron chi connectivity index (χ4n) is 2.31. The number of hydrogen-bond acceptors (Lipinski definition) is 4. The maximum Gasteiger partial charge on any atom is 0.128 e. The van der Waals surface area contributed by atoms with Gasteiger partial charge in [0, 0.05) is 36.3 Å². The first-order valence-corrected chi connectivity index (χ1v) is 7.13. The van der Waals surface area contributed by atoms with Crippen LogP contribution in [0.15, 0.2) is 18.3 Å². The van der Waals surface area contributed by atoms with Gasteiger partial charge in [-0.2, -0.15) is 11.8 Å². The van der Waals surface area contributed by atoms with Crippen LogP contribution in [0.5, 0.6) is 0 Å². The molecule has 0 aliphatic carbocycles. The lowest BCUT2D eigenvalue weighted by atomic mass is 10.2. The van der Waals surface area contributed by atoms with Gasteiger partial charge in [-0.3, -0.25) is 0 Å². The third kappa shape index (κ3) is 3.36. The molecule has 0 spiro atoms. The number of pyridine rings is 1. The van der Waals surface area contributed by atoms with Crippen LogP contribution in [0.25, 0.3) is 0 Å². The van der Waals surface area contributed by atoms with Crippen LogP contribution in [0, 0.1) is 0 Å². The van der Waals surface area contributed by atoms with E-state index < -0.39 is 0 Å². The smallest absolute Gasteiger partial charge is 0.128 e. The lowest BCUT2D eigenvalue weighted by molar-refractivity contribution is 0.716. The van der Waals surface area contributed by atoms with Crippen LogP contribution >= 0.6 is 11.8 Å². The Morgan fingerprint density at radius 3 is 2.76 bits per heavy atom. The highest BCUT2D eigenvalue weighted by Crippen LogP contribution is 2.27. The second kappa shape index (κ2) is 5.74. The van der Waals surface area contributed by atoms with Crippen molar-refractivity contribution >= 4 is 17.6 Å². The molecule has 1 N–H and O–H groups in total. The molecule has 0 amide bonds. The van der Waals surface area contributed by atoms with E-state index in [2.05, 4.69) is 52.9 Å². The van der Waals surface area contributed by atoms with E-state index in [0.717, 1.165) is 25.5 Å². The average Bonchev–Trinajstić information content (AvgIpc) is 2.28. The highest BCUT2D eigenvalue weighted by Gasteiger charge is 2.23. The maximum atomic E-state index is 4.50. The fourth-order valence-corrected chi connectivity index (χ4v) is 3.64. The summed E-state index contributed by atoms with van der Waals surface area (Å²) in [5, 5.41) is 4.56. The summed E-state index contributed by atoms with van der Waals surface area (Å²) in [5.74, 6) is 1.12. The van der Waals surface area contributed by atoms with Gasteiger partial charge in [-0.25, -0.2) is 4.98 Å². The molecule has 94 valence electrons. The topological polar surface area (TPSA) is 28.2 Å². The van der Waals surface area contributed by atoms with Crippen molar-refractivity contribution in [2.24, 2.45) is 0 Å². The molecule has 4 heteroatoms. The van der Waals surface area contributed by atoms with Crippen molar-refractivity contribution in [1.29, 1.82) is 0 Å². The van der Waals surface area contributed by atoms with Crippen LogP contribution in [-0.4, -0.2) is 35.6 Å². The number of nitrogens with zero attached hydrogens (tertiary/aromatic N) is 2. The third-order valence-corrected chi connectivity index (χ3v) is 4.16. The van der Waals surface area contributed by atoms with E-state index >= 15 is 0 Å². The molecule has 0 aromatic carbocycles. The van der Waals surface area contributed by atoms with Crippen molar-refractivity contribution in [1.82, 2.24) is 10.3 Å². The van der Waals surface area contributed by atoms with E-state index in [1.54, 1.807) is 0 Å². The monoisotopic (exact) mass is 251 g/mol. The van der Waals surface area contributed by atoms with Gasteiger partial charge in [-0.1, -0.05) is 13.8 Å². The minimum absolute atomic E-state index is 0.688. The fraction of sp³-hybridized carbons (Fsp3) is 0.615. The summed E-state index contributed by atoms with van der Waals surface area (Å²) in [6.45, 7) is 7.70. The minimum Gasteiger partial charge on any atom is -0.354 e. The number of thioether (sulfide) groups is 1. The zero-order chi connectivity index (χ0) is 12.3. The molecule has 0 saturated carbocycles. The molecule has 1 fully saturated rings. The molecule has 2 heterocycles. The van der Waals surface area contributed by atoms with Crippen molar-refractivity contribution in [2.75, 3.05) is 25.0 Å². The molecule has 2 unspecified atom stereocenters. The SMILES string of the molecule is CNCc1ccnc(N2CC(C)SC(C)C2)c1. The van der Waals surface area contributed by atoms with E-state index in [9.17, 15) is 0 Å². The molecule has 17 heavy (non-hydrogen) atoms. The Hall–Kier alpha value is -0.740. The van der Waals surface area contributed by atoms with Crippen molar-refractivity contribution in [2.45, 2.75) is 30.9 Å². The van der Waals surface area contributed by atoms with Crippen molar-refractivity contribution in [3.05, 3.63) is 23.9 Å². The quantitative estimate of drug-likeness (QED) is 0.891. The van der Waals surface area contributed by atoms with Crippen LogP contribution in [0.1, 0.15) is 19.4 Å². The first kappa shape index (κ1) is 12.7. The van der Waals surface area contributed by atoms with E-state index in [0.29, 0.717) is 10.5 Å². The molecule has 0 radical (unpaired) electrons. The number of hydrogen-bond donors (Lipinski definition) is 1. The molecule has 1 aliphatic heterocycles. The van der Waals surface area contributed by atoms with Gasteiger partial charge >= 0.3 is 0 Å². The Kier molecular flexibility index (Phi) is 4.29. The normalized spacial score (nSPS) is 25.0. The van der Waals surface area contributed by atoms with Crippen molar-refractivity contribution in [3.8, 4) is 0 Å². The lowest BCUT2D eigenvalue weighted by Gasteiger charge is -2.35. The predicted octanol–water partition coefficient (Wildman–Crippen LogP) is 2.13. The maximum absolute atomic E-state index is 4.50. The Morgan fingerprint density at radius 1 is 1.41 bits per heavy atom. The molecular formula is C13H21N3S. The first-order chi connectivity index (χ1) is 8.19. The number of rotatable bonds is 3. The van der Waals surface area contributed by atoms with Crippen LogP contribution in [0.3, 0.4) is 0 Å². The number of anilines is 1. The second-order valence-corrected chi connectivity index (χ2v) is 6.60. The summed E-state index contributed by atoms with van der Waals surface area (Å²) < 4.78 is 0. The van der Waals surface area contributed by atoms with E-state index in [1.807, 2.05) is 13.2 Å². The predicted molar refractivity (Wildman–Crippen MR) is 75.7 cm³/mol. The Labute approximate surface area is 108 Å². The molecule has 1 aliphatic rings. The molecule has 1 aromatic heterocycles. The molecule has 2 atom stereocenters. The van der Waals surface area contributed by atoms with E-state index in [1.165, 1.54) is 5.56 Å². The van der Waals surface area contributed by atoms with Crippen LogP contribution < -0.4 is 10.2 Å². The minimum atomic E-state index is 0.688. The van der Waals surface area contributed by atoms with Crippen LogP contribution in [-0.2, 0) is 6.54 Å². The molecule has 3 nitrogen and oxygen atoms in total. The van der Waals surface area contributed by atoms with Gasteiger partial charge in [0.15, 0.2) is 0 Å². The molecule has 1 saturated heterocycles. The van der Waals surface area contributed by atoms with E-state index in [4.69, 9.17) is 0 Å². The van der Waals surface area contributed by atoms with Crippen molar-refractivity contribution < 1.29 is 0 Å². The van der Waals surface area contributed by atoms with Gasteiger partial charge in [0.05, 0.1) is 0 Å². The van der Waals surface area contributed by atoms with Gasteiger partial charge in [0.2, 0.25) is 0 Å². The Balaban J connectivity index is 2.12. The molecular weight excluding hydrogens is 230 g/mol. The average molecular weight is 251 g/mol. The first-order valence-electron chi connectivity index (χ1n) is 6.19. The zero-order valence-electron chi connectivity index (χ0n) is 10.8. The van der Waals surface area contributed by atoms with Gasteiger partial charge in [0.1, 0.15) is 5.82 Å². The number of aromatic nitrogens is 1. The second-order valence-electron chi connectivity index (χ2n) is 4.71. The van der Waals surface area contributed by atoms with Gasteiger partial charge in [-0.15, -0.1) is 0 Å². The van der Waals surface area contributed by atoms with Crippen LogP contribution in [0.2, 0.25) is 0 Å². The summed E-state index contributed by atoms with van der Waals surface area (Å²) in [7, 11) is 1.97. The summed E-state index contributed by atoms with van der Waals surface area (Å²) in [6, 6.07) is 4.28. The summed E-state index contributed by atoms with van der Waals surface area (Å²) in [4.78, 5) is 6.91. The summed E-state index contributed by atoms with van der Waals surface area (Å²) in [6.07, 6.45) is 1.92. The summed E-state index contributed by atoms with van der Waals surface area (Å²) in [5.41, 5.74) is 1.30. The largest absolute Gasteiger partial charge is 0.354 e. The highest BCUT2D eigenvalue weighted by atomic mass is 32.2. The standard InChI is InChI=1S/C13H21N3S/c1-10-8-16(9-11(2)17-10)13-6-12(7-14-3)4-5-15-13/h4-6,10-11,14H,7-9H2,1-3H3. The van der Waals surface area contributed by atoms with Crippen molar-refractivity contribution in [3.63, 3.8) is 0 Å². The number of nitrogens with one attached hydrogen (secondary N) is 1. The Bertz CT molecular complexity index is 359. The highest BCUT2D eigenvalue weighted by molar-refractivity contribution is 8.00. The zero-order valence-corrected chi connectivity index (χ0v) is 11.6. The molecule has 2 rings (SSSR count). The Morgan fingerprint density at radius 2 is 2.12 bits per heavy atom. The van der Waals surface area contributed by atoms with E-state index in [-0.39, 0.29) is 0 Å². The van der Waals surface area contributed by atoms with Crippen LogP contribution in [0.4, 0.5) is 5.82 Å². The lowest BCUT2D eigenvalue weighted by Crippen LogP contribution is -2.40. The van der Waals surface area contributed by atoms with Gasteiger partial charge < -0.3 is 10.2 Å². The van der Waals surface area contributed by atoms with Gasteiger partial charge in [-0.05, 0) is 24.7 Å². The molecule has 1 aromatic rings. The molecule has 0 bridgehead atoms. The summed E-state index contributed by atoms with van der Waals surface area (Å²) >= 11 is 2.07. The third-order valence-electron chi connectivity index (χ3n) is 2.93. The van der Waals surface area contributed by atoms with Gasteiger partial charge in [0.25, 0.3) is 0 Å².